The molecule has 1 rings (SSSR count). The Hall–Kier alpha value is -2.18. The first-order chi connectivity index (χ1) is 6.99. The molecular formula is C8H9NO6. The third-order valence-corrected chi connectivity index (χ3v) is 1.62. The number of aromatic amines is 1. The molecule has 4 N–H and O–H groups in total. The van der Waals surface area contributed by atoms with Gasteiger partial charge in [-0.25, -0.2) is 4.79 Å². The standard InChI is InChI=1S/C8H9NO6/c1-2-15-8(14)3-4(10)5(11)7(13)9-6(3)12/h11H,2H2,1H3,(H3,9,10,12,13). The molecule has 82 valence electrons. The maximum atomic E-state index is 11.2. The van der Waals surface area contributed by atoms with E-state index in [1.807, 2.05) is 0 Å². The minimum Gasteiger partial charge on any atom is -0.503 e. The van der Waals surface area contributed by atoms with Gasteiger partial charge in [0.1, 0.15) is 0 Å². The Labute approximate surface area is 83.6 Å². The maximum absolute atomic E-state index is 11.2. The number of H-pyrrole nitrogens is 1. The summed E-state index contributed by atoms with van der Waals surface area (Å²) in [6.45, 7) is 1.55. The molecule has 7 heteroatoms. The third-order valence-electron chi connectivity index (χ3n) is 1.62. The van der Waals surface area contributed by atoms with E-state index in [-0.39, 0.29) is 6.61 Å². The Morgan fingerprint density at radius 1 is 1.33 bits per heavy atom. The van der Waals surface area contributed by atoms with E-state index in [2.05, 4.69) is 4.74 Å². The van der Waals surface area contributed by atoms with Crippen molar-refractivity contribution in [2.45, 2.75) is 6.92 Å². The van der Waals surface area contributed by atoms with Crippen molar-refractivity contribution in [3.63, 3.8) is 0 Å². The van der Waals surface area contributed by atoms with Gasteiger partial charge in [0, 0.05) is 0 Å². The summed E-state index contributed by atoms with van der Waals surface area (Å²) >= 11 is 0. The minimum atomic E-state index is -1.10. The highest BCUT2D eigenvalue weighted by Gasteiger charge is 2.23. The molecule has 0 aromatic carbocycles. The lowest BCUT2D eigenvalue weighted by atomic mass is 10.2. The number of carbonyl (C=O) groups excluding carboxylic acids is 1. The first-order valence-electron chi connectivity index (χ1n) is 4.03. The summed E-state index contributed by atoms with van der Waals surface area (Å²) in [5.74, 6) is -3.95. The highest BCUT2D eigenvalue weighted by molar-refractivity contribution is 5.95. The summed E-state index contributed by atoms with van der Waals surface area (Å²) in [6.07, 6.45) is 0. The van der Waals surface area contributed by atoms with Crippen molar-refractivity contribution in [2.24, 2.45) is 0 Å². The molecule has 0 atom stereocenters. The van der Waals surface area contributed by atoms with E-state index < -0.39 is 34.5 Å². The van der Waals surface area contributed by atoms with Crippen molar-refractivity contribution in [1.82, 2.24) is 4.98 Å². The van der Waals surface area contributed by atoms with E-state index in [0.717, 1.165) is 0 Å². The van der Waals surface area contributed by atoms with Crippen LogP contribution in [0.15, 0.2) is 4.79 Å². The molecule has 7 nitrogen and oxygen atoms in total. The molecule has 0 spiro atoms. The number of aromatic nitrogens is 1. The zero-order valence-electron chi connectivity index (χ0n) is 7.77. The molecule has 1 aromatic rings. The quantitative estimate of drug-likeness (QED) is 0.501. The molecular weight excluding hydrogens is 206 g/mol. The number of hydrogen-bond donors (Lipinski definition) is 4. The Kier molecular flexibility index (Phi) is 2.84. The average Bonchev–Trinajstić information content (AvgIpc) is 2.15. The second-order valence-corrected chi connectivity index (χ2v) is 2.60. The molecule has 0 aliphatic carbocycles. The fraction of sp³-hybridized carbons (Fsp3) is 0.250. The van der Waals surface area contributed by atoms with E-state index in [4.69, 9.17) is 10.2 Å². The summed E-state index contributed by atoms with van der Waals surface area (Å²) in [7, 11) is 0. The molecule has 0 saturated heterocycles. The Morgan fingerprint density at radius 2 is 1.93 bits per heavy atom. The Morgan fingerprint density at radius 3 is 2.47 bits per heavy atom. The summed E-state index contributed by atoms with van der Waals surface area (Å²) < 4.78 is 4.49. The van der Waals surface area contributed by atoms with Gasteiger partial charge in [0.25, 0.3) is 5.56 Å². The summed E-state index contributed by atoms with van der Waals surface area (Å²) in [5.41, 5.74) is -1.77. The van der Waals surface area contributed by atoms with Crippen molar-refractivity contribution < 1.29 is 24.9 Å². The van der Waals surface area contributed by atoms with Gasteiger partial charge in [0.05, 0.1) is 6.61 Å². The molecule has 0 saturated carbocycles. The molecule has 0 fully saturated rings. The van der Waals surface area contributed by atoms with Gasteiger partial charge >= 0.3 is 5.97 Å². The van der Waals surface area contributed by atoms with Crippen LogP contribution in [0, 0.1) is 0 Å². The van der Waals surface area contributed by atoms with Crippen LogP contribution in [0.2, 0.25) is 0 Å². The molecule has 1 aromatic heterocycles. The SMILES string of the molecule is CCOC(=O)c1c(O)[nH]c(=O)c(O)c1O. The molecule has 15 heavy (non-hydrogen) atoms. The van der Waals surface area contributed by atoms with Gasteiger partial charge in [-0.1, -0.05) is 0 Å². The molecule has 0 aliphatic rings. The molecule has 0 radical (unpaired) electrons. The van der Waals surface area contributed by atoms with Gasteiger partial charge in [-0.15, -0.1) is 0 Å². The normalized spacial score (nSPS) is 9.93. The first kappa shape index (κ1) is 10.9. The number of pyridine rings is 1. The number of hydrogen-bond acceptors (Lipinski definition) is 6. The van der Waals surface area contributed by atoms with E-state index in [0.29, 0.717) is 0 Å². The van der Waals surface area contributed by atoms with Crippen LogP contribution in [-0.2, 0) is 4.74 Å². The maximum Gasteiger partial charge on any atom is 0.347 e. The van der Waals surface area contributed by atoms with Crippen LogP contribution >= 0.6 is 0 Å². The first-order valence-corrected chi connectivity index (χ1v) is 4.03. The van der Waals surface area contributed by atoms with Crippen molar-refractivity contribution in [2.75, 3.05) is 6.61 Å². The van der Waals surface area contributed by atoms with Crippen molar-refractivity contribution in [3.8, 4) is 17.4 Å². The van der Waals surface area contributed by atoms with Crippen LogP contribution in [-0.4, -0.2) is 32.9 Å². The van der Waals surface area contributed by atoms with Crippen LogP contribution in [0.1, 0.15) is 17.3 Å². The minimum absolute atomic E-state index is 0.0254. The van der Waals surface area contributed by atoms with E-state index in [9.17, 15) is 14.7 Å². The highest BCUT2D eigenvalue weighted by atomic mass is 16.5. The Bertz CT molecular complexity index is 449. The molecule has 0 amide bonds. The number of ether oxygens (including phenoxy) is 1. The number of aromatic hydroxyl groups is 3. The monoisotopic (exact) mass is 215 g/mol. The number of carbonyl (C=O) groups is 1. The number of rotatable bonds is 2. The lowest BCUT2D eigenvalue weighted by Crippen LogP contribution is -2.12. The average molecular weight is 215 g/mol. The van der Waals surface area contributed by atoms with E-state index >= 15 is 0 Å². The van der Waals surface area contributed by atoms with Gasteiger partial charge in [-0.2, -0.15) is 0 Å². The van der Waals surface area contributed by atoms with E-state index in [1.165, 1.54) is 6.92 Å². The van der Waals surface area contributed by atoms with Crippen molar-refractivity contribution in [3.05, 3.63) is 15.9 Å². The van der Waals surface area contributed by atoms with E-state index in [1.54, 1.807) is 4.98 Å². The molecule has 0 bridgehead atoms. The lowest BCUT2D eigenvalue weighted by Gasteiger charge is -2.06. The van der Waals surface area contributed by atoms with Crippen LogP contribution < -0.4 is 5.56 Å². The smallest absolute Gasteiger partial charge is 0.347 e. The van der Waals surface area contributed by atoms with Crippen LogP contribution in [0.5, 0.6) is 17.4 Å². The molecule has 0 aliphatic heterocycles. The van der Waals surface area contributed by atoms with Crippen molar-refractivity contribution >= 4 is 5.97 Å². The van der Waals surface area contributed by atoms with Crippen molar-refractivity contribution in [1.29, 1.82) is 0 Å². The molecule has 0 unspecified atom stereocenters. The van der Waals surface area contributed by atoms with Gasteiger partial charge in [0.15, 0.2) is 11.3 Å². The predicted molar refractivity (Wildman–Crippen MR) is 48.0 cm³/mol. The number of nitrogens with one attached hydrogen (secondary N) is 1. The topological polar surface area (TPSA) is 120 Å². The summed E-state index contributed by atoms with van der Waals surface area (Å²) in [4.78, 5) is 23.8. The van der Waals surface area contributed by atoms with Gasteiger partial charge in [0.2, 0.25) is 11.6 Å². The number of esters is 1. The lowest BCUT2D eigenvalue weighted by molar-refractivity contribution is 0.0517. The third kappa shape index (κ3) is 1.85. The second-order valence-electron chi connectivity index (χ2n) is 2.60. The zero-order valence-corrected chi connectivity index (χ0v) is 7.77. The van der Waals surface area contributed by atoms with Crippen LogP contribution in [0.3, 0.4) is 0 Å². The Balaban J connectivity index is 3.36. The fourth-order valence-corrected chi connectivity index (χ4v) is 0.964. The zero-order chi connectivity index (χ0) is 11.6. The fourth-order valence-electron chi connectivity index (χ4n) is 0.964. The van der Waals surface area contributed by atoms with Crippen LogP contribution in [0.25, 0.3) is 0 Å². The second kappa shape index (κ2) is 3.91. The van der Waals surface area contributed by atoms with Crippen LogP contribution in [0.4, 0.5) is 0 Å². The predicted octanol–water partition coefficient (Wildman–Crippen LogP) is -0.332. The highest BCUT2D eigenvalue weighted by Crippen LogP contribution is 2.30. The summed E-state index contributed by atoms with van der Waals surface area (Å²) in [6, 6.07) is 0. The van der Waals surface area contributed by atoms with Gasteiger partial charge < -0.3 is 20.1 Å². The summed E-state index contributed by atoms with van der Waals surface area (Å²) in [5, 5.41) is 27.4. The van der Waals surface area contributed by atoms with Gasteiger partial charge in [-0.3, -0.25) is 9.78 Å². The van der Waals surface area contributed by atoms with Gasteiger partial charge in [-0.05, 0) is 6.92 Å². The molecule has 1 heterocycles. The largest absolute Gasteiger partial charge is 0.503 e.